The summed E-state index contributed by atoms with van der Waals surface area (Å²) in [4.78, 5) is 15.3. The van der Waals surface area contributed by atoms with Crippen LogP contribution in [0.4, 0.5) is 11.4 Å². The fraction of sp³-hybridized carbons (Fsp3) is 0.263. The summed E-state index contributed by atoms with van der Waals surface area (Å²) in [6.07, 6.45) is 0. The topological polar surface area (TPSA) is 88.7 Å². The number of carbonyl (C=O) groups excluding carboxylic acids is 1. The van der Waals surface area contributed by atoms with Crippen LogP contribution < -0.4 is 21.1 Å². The van der Waals surface area contributed by atoms with Crippen molar-refractivity contribution >= 4 is 23.2 Å². The number of amides is 1. The Morgan fingerprint density at radius 1 is 1.08 bits per heavy atom. The van der Waals surface area contributed by atoms with Gasteiger partial charge in [-0.25, -0.2) is 4.99 Å². The Hall–Kier alpha value is -3.02. The number of hydrogen-bond acceptors (Lipinski definition) is 3. The first kappa shape index (κ1) is 18.3. The van der Waals surface area contributed by atoms with Crippen molar-refractivity contribution in [1.82, 2.24) is 0 Å². The lowest BCUT2D eigenvalue weighted by molar-refractivity contribution is -0.114. The zero-order chi connectivity index (χ0) is 18.2. The van der Waals surface area contributed by atoms with Crippen LogP contribution in [0.3, 0.4) is 0 Å². The van der Waals surface area contributed by atoms with E-state index in [2.05, 4.69) is 21.7 Å². The highest BCUT2D eigenvalue weighted by molar-refractivity contribution is 5.92. The minimum absolute atomic E-state index is 0.119. The molecule has 0 saturated heterocycles. The van der Waals surface area contributed by atoms with E-state index in [1.165, 1.54) is 6.92 Å². The zero-order valence-corrected chi connectivity index (χ0v) is 14.8. The quantitative estimate of drug-likeness (QED) is 0.428. The van der Waals surface area contributed by atoms with Gasteiger partial charge in [0.25, 0.3) is 0 Å². The van der Waals surface area contributed by atoms with E-state index in [0.717, 1.165) is 16.8 Å². The summed E-state index contributed by atoms with van der Waals surface area (Å²) < 4.78 is 5.63. The highest BCUT2D eigenvalue weighted by atomic mass is 16.5. The SMILES string of the molecule is CC(=O)Nc1cccc(OCCN=C(N)Nc2cc(C)cc(C)c2)c1. The van der Waals surface area contributed by atoms with Crippen LogP contribution in [-0.4, -0.2) is 25.0 Å². The van der Waals surface area contributed by atoms with Gasteiger partial charge in [0.2, 0.25) is 5.91 Å². The first-order valence-corrected chi connectivity index (χ1v) is 8.08. The molecule has 0 unspecified atom stereocenters. The summed E-state index contributed by atoms with van der Waals surface area (Å²) in [6, 6.07) is 13.3. The van der Waals surface area contributed by atoms with Crippen molar-refractivity contribution in [3.05, 3.63) is 53.6 Å². The Morgan fingerprint density at radius 3 is 2.48 bits per heavy atom. The molecule has 4 N–H and O–H groups in total. The van der Waals surface area contributed by atoms with Crippen LogP contribution in [0.2, 0.25) is 0 Å². The maximum absolute atomic E-state index is 11.1. The summed E-state index contributed by atoms with van der Waals surface area (Å²) in [5.41, 5.74) is 9.85. The van der Waals surface area contributed by atoms with E-state index in [4.69, 9.17) is 10.5 Å². The van der Waals surface area contributed by atoms with Gasteiger partial charge in [0.15, 0.2) is 5.96 Å². The molecule has 2 aromatic carbocycles. The smallest absolute Gasteiger partial charge is 0.221 e. The van der Waals surface area contributed by atoms with E-state index in [1.54, 1.807) is 12.1 Å². The maximum Gasteiger partial charge on any atom is 0.221 e. The summed E-state index contributed by atoms with van der Waals surface area (Å²) in [5, 5.41) is 5.79. The second-order valence-electron chi connectivity index (χ2n) is 5.83. The number of rotatable bonds is 6. The largest absolute Gasteiger partial charge is 0.492 e. The number of nitrogens with two attached hydrogens (primary N) is 1. The normalized spacial score (nSPS) is 11.1. The first-order chi connectivity index (χ1) is 11.9. The first-order valence-electron chi connectivity index (χ1n) is 8.08. The predicted molar refractivity (Wildman–Crippen MR) is 102 cm³/mol. The maximum atomic E-state index is 11.1. The van der Waals surface area contributed by atoms with Crippen LogP contribution in [0.1, 0.15) is 18.1 Å². The molecule has 0 aliphatic rings. The predicted octanol–water partition coefficient (Wildman–Crippen LogP) is 3.07. The number of ether oxygens (including phenoxy) is 1. The van der Waals surface area contributed by atoms with Gasteiger partial charge in [-0.2, -0.15) is 0 Å². The van der Waals surface area contributed by atoms with Gasteiger partial charge in [0.05, 0.1) is 6.54 Å². The van der Waals surface area contributed by atoms with E-state index in [-0.39, 0.29) is 5.91 Å². The average molecular weight is 340 g/mol. The fourth-order valence-corrected chi connectivity index (χ4v) is 2.43. The molecular weight excluding hydrogens is 316 g/mol. The Labute approximate surface area is 148 Å². The van der Waals surface area contributed by atoms with E-state index < -0.39 is 0 Å². The highest BCUT2D eigenvalue weighted by Crippen LogP contribution is 2.17. The summed E-state index contributed by atoms with van der Waals surface area (Å²) >= 11 is 0. The van der Waals surface area contributed by atoms with Crippen LogP contribution in [0.5, 0.6) is 5.75 Å². The standard InChI is InChI=1S/C19H24N4O2/c1-13-9-14(2)11-17(10-13)23-19(20)21-7-8-25-18-6-4-5-16(12-18)22-15(3)24/h4-6,9-12H,7-8H2,1-3H3,(H,22,24)(H3,20,21,23). The van der Waals surface area contributed by atoms with E-state index in [9.17, 15) is 4.79 Å². The van der Waals surface area contributed by atoms with Crippen molar-refractivity contribution in [3.8, 4) is 5.75 Å². The molecule has 25 heavy (non-hydrogen) atoms. The van der Waals surface area contributed by atoms with Crippen LogP contribution in [-0.2, 0) is 4.79 Å². The van der Waals surface area contributed by atoms with Crippen molar-refractivity contribution in [2.75, 3.05) is 23.8 Å². The number of hydrogen-bond donors (Lipinski definition) is 3. The van der Waals surface area contributed by atoms with Gasteiger partial charge >= 0.3 is 0 Å². The number of guanidine groups is 1. The summed E-state index contributed by atoms with van der Waals surface area (Å²) in [7, 11) is 0. The molecule has 1 amide bonds. The molecule has 2 aromatic rings. The van der Waals surface area contributed by atoms with Crippen molar-refractivity contribution in [1.29, 1.82) is 0 Å². The zero-order valence-electron chi connectivity index (χ0n) is 14.8. The Bertz CT molecular complexity index is 752. The third-order valence-corrected chi connectivity index (χ3v) is 3.29. The summed E-state index contributed by atoms with van der Waals surface area (Å²) in [6.45, 7) is 6.35. The van der Waals surface area contributed by atoms with E-state index in [0.29, 0.717) is 30.5 Å². The third-order valence-electron chi connectivity index (χ3n) is 3.29. The highest BCUT2D eigenvalue weighted by Gasteiger charge is 2.00. The number of aliphatic imine (C=N–C) groups is 1. The van der Waals surface area contributed by atoms with Crippen LogP contribution in [0.15, 0.2) is 47.5 Å². The van der Waals surface area contributed by atoms with Crippen molar-refractivity contribution in [3.63, 3.8) is 0 Å². The molecular formula is C19H24N4O2. The summed E-state index contributed by atoms with van der Waals surface area (Å²) in [5.74, 6) is 0.898. The molecule has 0 aliphatic carbocycles. The molecule has 0 bridgehead atoms. The van der Waals surface area contributed by atoms with Gasteiger partial charge in [-0.05, 0) is 49.2 Å². The van der Waals surface area contributed by atoms with E-state index in [1.807, 2.05) is 38.1 Å². The Balaban J connectivity index is 1.83. The number of benzene rings is 2. The molecule has 6 nitrogen and oxygen atoms in total. The van der Waals surface area contributed by atoms with Gasteiger partial charge in [-0.15, -0.1) is 0 Å². The molecule has 0 saturated carbocycles. The number of aryl methyl sites for hydroxylation is 2. The number of nitrogens with zero attached hydrogens (tertiary/aromatic N) is 1. The lowest BCUT2D eigenvalue weighted by atomic mass is 10.1. The van der Waals surface area contributed by atoms with Crippen LogP contribution in [0, 0.1) is 13.8 Å². The Morgan fingerprint density at radius 2 is 1.80 bits per heavy atom. The third kappa shape index (κ3) is 6.55. The molecule has 0 atom stereocenters. The number of carbonyl (C=O) groups is 1. The van der Waals surface area contributed by atoms with Gasteiger partial charge in [0, 0.05) is 24.4 Å². The van der Waals surface area contributed by atoms with Crippen molar-refractivity contribution in [2.45, 2.75) is 20.8 Å². The van der Waals surface area contributed by atoms with Crippen molar-refractivity contribution < 1.29 is 9.53 Å². The van der Waals surface area contributed by atoms with Gasteiger partial charge < -0.3 is 21.1 Å². The Kier molecular flexibility index (Phi) is 6.39. The van der Waals surface area contributed by atoms with Crippen LogP contribution >= 0.6 is 0 Å². The lowest BCUT2D eigenvalue weighted by Crippen LogP contribution is -2.23. The fourth-order valence-electron chi connectivity index (χ4n) is 2.43. The molecule has 0 heterocycles. The molecule has 2 rings (SSSR count). The van der Waals surface area contributed by atoms with Crippen LogP contribution in [0.25, 0.3) is 0 Å². The number of anilines is 2. The monoisotopic (exact) mass is 340 g/mol. The molecule has 0 aliphatic heterocycles. The second kappa shape index (κ2) is 8.73. The second-order valence-corrected chi connectivity index (χ2v) is 5.83. The van der Waals surface area contributed by atoms with Gasteiger partial charge in [-0.3, -0.25) is 4.79 Å². The molecule has 6 heteroatoms. The van der Waals surface area contributed by atoms with Gasteiger partial charge in [-0.1, -0.05) is 12.1 Å². The molecule has 0 aromatic heterocycles. The minimum atomic E-state index is -0.119. The van der Waals surface area contributed by atoms with E-state index >= 15 is 0 Å². The molecule has 0 spiro atoms. The molecule has 0 fully saturated rings. The molecule has 0 radical (unpaired) electrons. The van der Waals surface area contributed by atoms with Gasteiger partial charge in [0.1, 0.15) is 12.4 Å². The lowest BCUT2D eigenvalue weighted by Gasteiger charge is -2.09. The van der Waals surface area contributed by atoms with Crippen molar-refractivity contribution in [2.24, 2.45) is 10.7 Å². The molecule has 132 valence electrons. The minimum Gasteiger partial charge on any atom is -0.492 e. The number of nitrogens with one attached hydrogen (secondary N) is 2. The average Bonchev–Trinajstić information content (AvgIpc) is 2.50.